The lowest BCUT2D eigenvalue weighted by Gasteiger charge is -2.30. The largest absolute Gasteiger partial charge is 0.399 e. The van der Waals surface area contributed by atoms with Crippen molar-refractivity contribution in [2.75, 3.05) is 38.6 Å². The van der Waals surface area contributed by atoms with Crippen LogP contribution in [0.2, 0.25) is 0 Å². The number of ether oxygens (including phenoxy) is 1. The number of hydrogen-bond donors (Lipinski definition) is 1. The van der Waals surface area contributed by atoms with Crippen molar-refractivity contribution in [2.45, 2.75) is 26.3 Å². The second-order valence-corrected chi connectivity index (χ2v) is 5.76. The van der Waals surface area contributed by atoms with Crippen molar-refractivity contribution < 1.29 is 4.74 Å². The van der Waals surface area contributed by atoms with Gasteiger partial charge in [-0.1, -0.05) is 6.92 Å². The number of imidazole rings is 1. The molecule has 5 nitrogen and oxygen atoms in total. The topological polar surface area (TPSA) is 56.3 Å². The van der Waals surface area contributed by atoms with Crippen LogP contribution in [0.3, 0.4) is 0 Å². The van der Waals surface area contributed by atoms with E-state index in [1.807, 2.05) is 12.1 Å². The maximum atomic E-state index is 5.88. The van der Waals surface area contributed by atoms with E-state index in [4.69, 9.17) is 15.5 Å². The Morgan fingerprint density at radius 3 is 2.81 bits per heavy atom. The Balaban J connectivity index is 1.90. The molecule has 5 heteroatoms. The van der Waals surface area contributed by atoms with E-state index in [2.05, 4.69) is 29.4 Å². The lowest BCUT2D eigenvalue weighted by atomic mass is 10.2. The molecule has 2 aromatic rings. The normalized spacial score (nSPS) is 18.2. The lowest BCUT2D eigenvalue weighted by molar-refractivity contribution is 0.0326. The molecule has 0 saturated carbocycles. The van der Waals surface area contributed by atoms with Gasteiger partial charge in [-0.25, -0.2) is 4.98 Å². The number of benzene rings is 1. The van der Waals surface area contributed by atoms with E-state index in [0.29, 0.717) is 6.04 Å². The molecule has 2 N–H and O–H groups in total. The van der Waals surface area contributed by atoms with E-state index in [-0.39, 0.29) is 0 Å². The van der Waals surface area contributed by atoms with Gasteiger partial charge in [0.15, 0.2) is 0 Å². The van der Waals surface area contributed by atoms with Gasteiger partial charge < -0.3 is 15.0 Å². The third kappa shape index (κ3) is 2.89. The molecule has 114 valence electrons. The molecule has 0 aliphatic carbocycles. The molecule has 1 aromatic heterocycles. The van der Waals surface area contributed by atoms with Crippen LogP contribution in [0.1, 0.15) is 25.7 Å². The van der Waals surface area contributed by atoms with Gasteiger partial charge in [0.1, 0.15) is 5.82 Å². The third-order valence-electron chi connectivity index (χ3n) is 4.17. The number of fused-ring (bicyclic) bond motifs is 1. The molecular formula is C16H24N4O. The molecule has 3 rings (SSSR count). The van der Waals surface area contributed by atoms with Gasteiger partial charge in [-0.3, -0.25) is 4.90 Å². The summed E-state index contributed by atoms with van der Waals surface area (Å²) in [6.07, 6.45) is 0.933. The number of nitrogens with zero attached hydrogens (tertiary/aromatic N) is 3. The molecule has 1 atom stereocenters. The van der Waals surface area contributed by atoms with Crippen molar-refractivity contribution >= 4 is 16.7 Å². The summed E-state index contributed by atoms with van der Waals surface area (Å²) in [6, 6.07) is 6.41. The van der Waals surface area contributed by atoms with Crippen LogP contribution in [0.25, 0.3) is 11.0 Å². The summed E-state index contributed by atoms with van der Waals surface area (Å²) in [6.45, 7) is 9.18. The van der Waals surface area contributed by atoms with Crippen LogP contribution in [0.5, 0.6) is 0 Å². The molecule has 1 aliphatic rings. The number of morpholine rings is 1. The Labute approximate surface area is 125 Å². The summed E-state index contributed by atoms with van der Waals surface area (Å²) < 4.78 is 7.79. The van der Waals surface area contributed by atoms with Gasteiger partial charge in [0.05, 0.1) is 24.2 Å². The molecule has 0 radical (unpaired) electrons. The molecule has 0 bridgehead atoms. The van der Waals surface area contributed by atoms with Gasteiger partial charge in [0, 0.05) is 37.8 Å². The first-order valence-electron chi connectivity index (χ1n) is 7.75. The van der Waals surface area contributed by atoms with Crippen LogP contribution in [-0.2, 0) is 11.2 Å². The monoisotopic (exact) mass is 288 g/mol. The van der Waals surface area contributed by atoms with Gasteiger partial charge in [-0.05, 0) is 25.1 Å². The minimum Gasteiger partial charge on any atom is -0.399 e. The smallest absolute Gasteiger partial charge is 0.109 e. The maximum Gasteiger partial charge on any atom is 0.109 e. The Bertz CT molecular complexity index is 616. The highest BCUT2D eigenvalue weighted by Gasteiger charge is 2.19. The number of nitrogen functional groups attached to an aromatic ring is 1. The molecule has 21 heavy (non-hydrogen) atoms. The Morgan fingerprint density at radius 2 is 2.10 bits per heavy atom. The number of aromatic nitrogens is 2. The van der Waals surface area contributed by atoms with Crippen molar-refractivity contribution in [3.63, 3.8) is 0 Å². The average Bonchev–Trinajstić information content (AvgIpc) is 2.85. The fraction of sp³-hybridized carbons (Fsp3) is 0.562. The molecule has 2 heterocycles. The van der Waals surface area contributed by atoms with E-state index in [0.717, 1.165) is 56.3 Å². The zero-order chi connectivity index (χ0) is 14.8. The number of anilines is 1. The summed E-state index contributed by atoms with van der Waals surface area (Å²) in [4.78, 5) is 7.21. The van der Waals surface area contributed by atoms with E-state index in [1.165, 1.54) is 5.52 Å². The predicted molar refractivity (Wildman–Crippen MR) is 85.5 cm³/mol. The molecule has 1 aromatic carbocycles. The van der Waals surface area contributed by atoms with Crippen molar-refractivity contribution in [1.82, 2.24) is 14.5 Å². The average molecular weight is 288 g/mol. The maximum absolute atomic E-state index is 5.88. The van der Waals surface area contributed by atoms with Crippen LogP contribution >= 0.6 is 0 Å². The van der Waals surface area contributed by atoms with Gasteiger partial charge in [-0.2, -0.15) is 0 Å². The Kier molecular flexibility index (Phi) is 4.12. The predicted octanol–water partition coefficient (Wildman–Crippen LogP) is 2.07. The zero-order valence-electron chi connectivity index (χ0n) is 12.9. The van der Waals surface area contributed by atoms with Crippen LogP contribution in [-0.4, -0.2) is 47.3 Å². The fourth-order valence-electron chi connectivity index (χ4n) is 3.15. The van der Waals surface area contributed by atoms with Crippen LogP contribution < -0.4 is 5.73 Å². The summed E-state index contributed by atoms with van der Waals surface area (Å²) >= 11 is 0. The molecule has 1 unspecified atom stereocenters. The van der Waals surface area contributed by atoms with Crippen LogP contribution in [0.15, 0.2) is 18.2 Å². The van der Waals surface area contributed by atoms with Crippen molar-refractivity contribution in [3.8, 4) is 0 Å². The zero-order valence-corrected chi connectivity index (χ0v) is 12.9. The lowest BCUT2D eigenvalue weighted by Crippen LogP contribution is -2.39. The molecular weight excluding hydrogens is 264 g/mol. The second kappa shape index (κ2) is 6.03. The van der Waals surface area contributed by atoms with Gasteiger partial charge in [-0.15, -0.1) is 0 Å². The number of nitrogens with two attached hydrogens (primary N) is 1. The summed E-state index contributed by atoms with van der Waals surface area (Å²) in [5.41, 5.74) is 8.84. The van der Waals surface area contributed by atoms with Crippen molar-refractivity contribution in [2.24, 2.45) is 0 Å². The van der Waals surface area contributed by atoms with Gasteiger partial charge >= 0.3 is 0 Å². The second-order valence-electron chi connectivity index (χ2n) is 5.76. The van der Waals surface area contributed by atoms with Crippen LogP contribution in [0.4, 0.5) is 5.69 Å². The molecule has 1 aliphatic heterocycles. The number of hydrogen-bond acceptors (Lipinski definition) is 4. The van der Waals surface area contributed by atoms with E-state index < -0.39 is 0 Å². The highest BCUT2D eigenvalue weighted by Crippen LogP contribution is 2.24. The van der Waals surface area contributed by atoms with Gasteiger partial charge in [0.2, 0.25) is 0 Å². The molecule has 1 saturated heterocycles. The van der Waals surface area contributed by atoms with E-state index >= 15 is 0 Å². The van der Waals surface area contributed by atoms with Gasteiger partial charge in [0.25, 0.3) is 0 Å². The fourth-order valence-corrected chi connectivity index (χ4v) is 3.15. The van der Waals surface area contributed by atoms with Crippen molar-refractivity contribution in [3.05, 3.63) is 24.0 Å². The SMILES string of the molecule is CCc1nc2cc(N)ccc2n1C(C)CN1CCOCC1. The standard InChI is InChI=1S/C16H24N4O/c1-3-16-18-14-10-13(17)4-5-15(14)20(16)12(2)11-19-6-8-21-9-7-19/h4-5,10,12H,3,6-9,11,17H2,1-2H3. The first-order valence-corrected chi connectivity index (χ1v) is 7.75. The number of rotatable bonds is 4. The molecule has 1 fully saturated rings. The van der Waals surface area contributed by atoms with E-state index in [9.17, 15) is 0 Å². The Morgan fingerprint density at radius 1 is 1.33 bits per heavy atom. The van der Waals surface area contributed by atoms with Crippen LogP contribution in [0, 0.1) is 0 Å². The minimum atomic E-state index is 0.395. The highest BCUT2D eigenvalue weighted by atomic mass is 16.5. The summed E-state index contributed by atoms with van der Waals surface area (Å²) in [5.74, 6) is 1.14. The highest BCUT2D eigenvalue weighted by molar-refractivity contribution is 5.79. The quantitative estimate of drug-likeness (QED) is 0.875. The molecule has 0 amide bonds. The molecule has 0 spiro atoms. The minimum absolute atomic E-state index is 0.395. The third-order valence-corrected chi connectivity index (χ3v) is 4.17. The number of aryl methyl sites for hydroxylation is 1. The van der Waals surface area contributed by atoms with E-state index in [1.54, 1.807) is 0 Å². The first kappa shape index (κ1) is 14.4. The summed E-state index contributed by atoms with van der Waals surface area (Å²) in [5, 5.41) is 0. The Hall–Kier alpha value is -1.59. The summed E-state index contributed by atoms with van der Waals surface area (Å²) in [7, 11) is 0. The van der Waals surface area contributed by atoms with Crippen molar-refractivity contribution in [1.29, 1.82) is 0 Å². The first-order chi connectivity index (χ1) is 10.2.